The van der Waals surface area contributed by atoms with Crippen molar-refractivity contribution in [2.75, 3.05) is 11.1 Å². The van der Waals surface area contributed by atoms with Crippen molar-refractivity contribution in [1.29, 1.82) is 0 Å². The molecule has 0 aliphatic carbocycles. The third-order valence-electron chi connectivity index (χ3n) is 2.47. The number of halogens is 2. The molecule has 2 rings (SSSR count). The maximum Gasteiger partial charge on any atom is 0.315 e. The van der Waals surface area contributed by atoms with Gasteiger partial charge >= 0.3 is 5.69 Å². The van der Waals surface area contributed by atoms with Crippen LogP contribution in [0.1, 0.15) is 0 Å². The van der Waals surface area contributed by atoms with Gasteiger partial charge in [-0.15, -0.1) is 0 Å². The lowest BCUT2D eigenvalue weighted by molar-refractivity contribution is -0.383. The highest BCUT2D eigenvalue weighted by Crippen LogP contribution is 2.36. The third-order valence-corrected chi connectivity index (χ3v) is 3.29. The number of para-hydroxylation sites is 1. The lowest BCUT2D eigenvalue weighted by Crippen LogP contribution is -2.01. The molecule has 0 amide bonds. The molecule has 0 saturated carbocycles. The van der Waals surface area contributed by atoms with Crippen molar-refractivity contribution in [3.63, 3.8) is 0 Å². The second-order valence-corrected chi connectivity index (χ2v) is 4.51. The standard InChI is InChI=1S/C12H9Cl2N3O2/c13-7-3-1-5-9(11(7)14)16-10-6-2-4-8(15)12(10)17(18)19/h1-6,16H,15H2. The van der Waals surface area contributed by atoms with E-state index in [4.69, 9.17) is 28.9 Å². The fourth-order valence-electron chi connectivity index (χ4n) is 1.61. The van der Waals surface area contributed by atoms with Crippen molar-refractivity contribution in [2.45, 2.75) is 0 Å². The van der Waals surface area contributed by atoms with Crippen LogP contribution in [0.5, 0.6) is 0 Å². The Bertz CT molecular complexity index is 647. The zero-order valence-electron chi connectivity index (χ0n) is 9.56. The van der Waals surface area contributed by atoms with Gasteiger partial charge in [-0.3, -0.25) is 10.1 Å². The molecule has 0 unspecified atom stereocenters. The fourth-order valence-corrected chi connectivity index (χ4v) is 1.96. The van der Waals surface area contributed by atoms with Gasteiger partial charge in [-0.25, -0.2) is 0 Å². The van der Waals surface area contributed by atoms with E-state index in [-0.39, 0.29) is 17.1 Å². The number of hydrogen-bond acceptors (Lipinski definition) is 4. The molecule has 7 heteroatoms. The summed E-state index contributed by atoms with van der Waals surface area (Å²) in [5.41, 5.74) is 6.22. The Balaban J connectivity index is 2.47. The van der Waals surface area contributed by atoms with E-state index in [1.165, 1.54) is 6.07 Å². The van der Waals surface area contributed by atoms with Crippen molar-refractivity contribution in [2.24, 2.45) is 0 Å². The average Bonchev–Trinajstić information content (AvgIpc) is 2.34. The van der Waals surface area contributed by atoms with E-state index in [1.54, 1.807) is 30.3 Å². The average molecular weight is 298 g/mol. The Kier molecular flexibility index (Phi) is 3.78. The number of nitrogens with two attached hydrogens (primary N) is 1. The number of benzene rings is 2. The van der Waals surface area contributed by atoms with Crippen molar-refractivity contribution in [3.05, 3.63) is 56.6 Å². The largest absolute Gasteiger partial charge is 0.393 e. The van der Waals surface area contributed by atoms with E-state index in [0.29, 0.717) is 15.7 Å². The first-order valence-electron chi connectivity index (χ1n) is 5.24. The minimum atomic E-state index is -0.546. The van der Waals surface area contributed by atoms with Crippen LogP contribution in [-0.4, -0.2) is 4.92 Å². The van der Waals surface area contributed by atoms with E-state index in [9.17, 15) is 10.1 Å². The Morgan fingerprint density at radius 2 is 1.74 bits per heavy atom. The number of nitrogens with zero attached hydrogens (tertiary/aromatic N) is 1. The molecule has 2 aromatic carbocycles. The molecule has 0 spiro atoms. The smallest absolute Gasteiger partial charge is 0.315 e. The summed E-state index contributed by atoms with van der Waals surface area (Å²) in [6.07, 6.45) is 0. The summed E-state index contributed by atoms with van der Waals surface area (Å²) >= 11 is 11.9. The van der Waals surface area contributed by atoms with E-state index in [2.05, 4.69) is 5.32 Å². The molecule has 5 nitrogen and oxygen atoms in total. The van der Waals surface area contributed by atoms with Crippen LogP contribution in [0.3, 0.4) is 0 Å². The van der Waals surface area contributed by atoms with Gasteiger partial charge in [0.1, 0.15) is 11.4 Å². The summed E-state index contributed by atoms with van der Waals surface area (Å²) in [6, 6.07) is 9.61. The summed E-state index contributed by atoms with van der Waals surface area (Å²) in [5, 5.41) is 14.5. The van der Waals surface area contributed by atoms with Gasteiger partial charge in [0.2, 0.25) is 0 Å². The quantitative estimate of drug-likeness (QED) is 0.505. The zero-order chi connectivity index (χ0) is 14.0. The van der Waals surface area contributed by atoms with Crippen molar-refractivity contribution in [1.82, 2.24) is 0 Å². The lowest BCUT2D eigenvalue weighted by Gasteiger charge is -2.10. The molecule has 0 atom stereocenters. The Morgan fingerprint density at radius 3 is 2.42 bits per heavy atom. The number of nitro benzene ring substituents is 1. The maximum absolute atomic E-state index is 11.0. The van der Waals surface area contributed by atoms with Crippen LogP contribution < -0.4 is 11.1 Å². The van der Waals surface area contributed by atoms with Crippen LogP contribution in [0.15, 0.2) is 36.4 Å². The summed E-state index contributed by atoms with van der Waals surface area (Å²) in [5.74, 6) is 0. The normalized spacial score (nSPS) is 10.2. The highest BCUT2D eigenvalue weighted by molar-refractivity contribution is 6.43. The van der Waals surface area contributed by atoms with Gasteiger partial charge in [0.05, 0.1) is 20.7 Å². The fraction of sp³-hybridized carbons (Fsp3) is 0. The van der Waals surface area contributed by atoms with Gasteiger partial charge in [-0.2, -0.15) is 0 Å². The van der Waals surface area contributed by atoms with Crippen LogP contribution in [-0.2, 0) is 0 Å². The first kappa shape index (κ1) is 13.5. The molecule has 0 bridgehead atoms. The molecule has 2 aromatic rings. The van der Waals surface area contributed by atoms with Gasteiger partial charge in [0.15, 0.2) is 0 Å². The first-order chi connectivity index (χ1) is 9.00. The van der Waals surface area contributed by atoms with Crippen molar-refractivity contribution in [3.8, 4) is 0 Å². The number of nitro groups is 1. The highest BCUT2D eigenvalue weighted by Gasteiger charge is 2.18. The molecule has 0 aliphatic heterocycles. The molecule has 0 saturated heterocycles. The van der Waals surface area contributed by atoms with Crippen LogP contribution in [0, 0.1) is 10.1 Å². The molecule has 3 N–H and O–H groups in total. The highest BCUT2D eigenvalue weighted by atomic mass is 35.5. The number of nitrogens with one attached hydrogen (secondary N) is 1. The summed E-state index contributed by atoms with van der Waals surface area (Å²) in [7, 11) is 0. The summed E-state index contributed by atoms with van der Waals surface area (Å²) in [6.45, 7) is 0. The van der Waals surface area contributed by atoms with E-state index >= 15 is 0 Å². The second kappa shape index (κ2) is 5.34. The number of rotatable bonds is 3. The lowest BCUT2D eigenvalue weighted by atomic mass is 10.2. The van der Waals surface area contributed by atoms with Crippen molar-refractivity contribution < 1.29 is 4.92 Å². The number of nitrogen functional groups attached to an aromatic ring is 1. The molecule has 0 radical (unpaired) electrons. The van der Waals surface area contributed by atoms with E-state index in [0.717, 1.165) is 0 Å². The summed E-state index contributed by atoms with van der Waals surface area (Å²) in [4.78, 5) is 10.5. The molecule has 19 heavy (non-hydrogen) atoms. The van der Waals surface area contributed by atoms with Gasteiger partial charge in [-0.1, -0.05) is 35.3 Å². The molecular weight excluding hydrogens is 289 g/mol. The molecule has 0 fully saturated rings. The van der Waals surface area contributed by atoms with Crippen LogP contribution in [0.25, 0.3) is 0 Å². The zero-order valence-corrected chi connectivity index (χ0v) is 11.1. The minimum Gasteiger partial charge on any atom is -0.393 e. The molecule has 98 valence electrons. The maximum atomic E-state index is 11.0. The third kappa shape index (κ3) is 2.72. The van der Waals surface area contributed by atoms with Gasteiger partial charge in [0.25, 0.3) is 0 Å². The SMILES string of the molecule is Nc1cccc(Nc2cccc(Cl)c2Cl)c1[N+](=O)[O-]. The van der Waals surface area contributed by atoms with Crippen LogP contribution in [0.2, 0.25) is 10.0 Å². The molecular formula is C12H9Cl2N3O2. The van der Waals surface area contributed by atoms with Gasteiger partial charge in [0, 0.05) is 0 Å². The van der Waals surface area contributed by atoms with Crippen molar-refractivity contribution >= 4 is 46.0 Å². The Labute approximate surface area is 119 Å². The number of hydrogen-bond donors (Lipinski definition) is 2. The number of anilines is 3. The predicted molar refractivity (Wildman–Crippen MR) is 77.3 cm³/mol. The van der Waals surface area contributed by atoms with Crippen LogP contribution >= 0.6 is 23.2 Å². The Morgan fingerprint density at radius 1 is 1.11 bits per heavy atom. The topological polar surface area (TPSA) is 81.2 Å². The van der Waals surface area contributed by atoms with Crippen LogP contribution in [0.4, 0.5) is 22.7 Å². The van der Waals surface area contributed by atoms with E-state index in [1.807, 2.05) is 0 Å². The van der Waals surface area contributed by atoms with Gasteiger partial charge in [-0.05, 0) is 24.3 Å². The second-order valence-electron chi connectivity index (χ2n) is 3.73. The van der Waals surface area contributed by atoms with Gasteiger partial charge < -0.3 is 11.1 Å². The molecule has 0 aromatic heterocycles. The van der Waals surface area contributed by atoms with E-state index < -0.39 is 4.92 Å². The minimum absolute atomic E-state index is 0.0770. The summed E-state index contributed by atoms with van der Waals surface area (Å²) < 4.78 is 0. The molecule has 0 aliphatic rings. The predicted octanol–water partition coefficient (Wildman–Crippen LogP) is 4.23. The Hall–Kier alpha value is -1.98. The first-order valence-corrected chi connectivity index (χ1v) is 6.00. The molecule has 0 heterocycles. The monoisotopic (exact) mass is 297 g/mol.